The summed E-state index contributed by atoms with van der Waals surface area (Å²) in [7, 11) is 0. The molecule has 0 unspecified atom stereocenters. The van der Waals surface area contributed by atoms with E-state index in [0.29, 0.717) is 11.3 Å². The van der Waals surface area contributed by atoms with E-state index >= 15 is 0 Å². The molecule has 2 rings (SSSR count). The van der Waals surface area contributed by atoms with Gasteiger partial charge in [-0.1, -0.05) is 13.8 Å². The summed E-state index contributed by atoms with van der Waals surface area (Å²) in [6, 6.07) is 4.08. The second kappa shape index (κ2) is 5.43. The minimum Gasteiger partial charge on any atom is -0.489 e. The van der Waals surface area contributed by atoms with E-state index in [4.69, 9.17) is 4.74 Å². The third-order valence-electron chi connectivity index (χ3n) is 2.28. The van der Waals surface area contributed by atoms with E-state index in [0.717, 1.165) is 0 Å². The van der Waals surface area contributed by atoms with Gasteiger partial charge in [0.15, 0.2) is 5.78 Å². The molecule has 0 radical (unpaired) electrons. The Balaban J connectivity index is 0.000000686. The van der Waals surface area contributed by atoms with Crippen molar-refractivity contribution in [2.75, 3.05) is 0 Å². The van der Waals surface area contributed by atoms with E-state index in [2.05, 4.69) is 0 Å². The number of Topliss-reactive ketones (excluding diaryl/α,β-unsaturated/α-hetero) is 1. The lowest BCUT2D eigenvalue weighted by molar-refractivity contribution is -0.384. The van der Waals surface area contributed by atoms with Crippen LogP contribution in [-0.2, 0) is 0 Å². The van der Waals surface area contributed by atoms with Gasteiger partial charge in [-0.05, 0) is 13.0 Å². The number of non-ortho nitro benzene ring substituents is 1. The fourth-order valence-electron chi connectivity index (χ4n) is 1.58. The van der Waals surface area contributed by atoms with Gasteiger partial charge in [0.2, 0.25) is 0 Å². The van der Waals surface area contributed by atoms with Crippen molar-refractivity contribution in [1.29, 1.82) is 0 Å². The fourth-order valence-corrected chi connectivity index (χ4v) is 1.58. The molecule has 0 bridgehead atoms. The number of rotatable bonds is 1. The molecule has 1 heterocycles. The first-order valence-electron chi connectivity index (χ1n) is 5.56. The maximum absolute atomic E-state index is 11.6. The second-order valence-corrected chi connectivity index (χ2v) is 3.49. The summed E-state index contributed by atoms with van der Waals surface area (Å²) in [5.74, 6) is 0.330. The number of nitrogens with zero attached hydrogens (tertiary/aromatic N) is 1. The van der Waals surface area contributed by atoms with E-state index < -0.39 is 4.92 Å². The molecule has 1 aliphatic heterocycles. The minimum atomic E-state index is -0.522. The Morgan fingerprint density at radius 3 is 2.65 bits per heavy atom. The normalized spacial score (nSPS) is 17.4. The summed E-state index contributed by atoms with van der Waals surface area (Å²) in [4.78, 5) is 21.6. The molecule has 1 aromatic carbocycles. The van der Waals surface area contributed by atoms with Gasteiger partial charge < -0.3 is 4.74 Å². The van der Waals surface area contributed by atoms with Crippen molar-refractivity contribution in [3.8, 4) is 5.75 Å². The quantitative estimate of drug-likeness (QED) is 0.556. The fraction of sp³-hybridized carbons (Fsp3) is 0.417. The van der Waals surface area contributed by atoms with Crippen LogP contribution in [0.4, 0.5) is 5.69 Å². The Labute approximate surface area is 99.5 Å². The summed E-state index contributed by atoms with van der Waals surface area (Å²) in [5.41, 5.74) is 0.225. The van der Waals surface area contributed by atoms with Crippen LogP contribution >= 0.6 is 0 Å². The average Bonchev–Trinajstić information content (AvgIpc) is 2.31. The third kappa shape index (κ3) is 2.81. The van der Waals surface area contributed by atoms with E-state index in [1.807, 2.05) is 13.8 Å². The zero-order valence-electron chi connectivity index (χ0n) is 10.1. The van der Waals surface area contributed by atoms with Gasteiger partial charge in [0.05, 0.1) is 10.5 Å². The monoisotopic (exact) mass is 237 g/mol. The molecule has 5 nitrogen and oxygen atoms in total. The number of hydrogen-bond acceptors (Lipinski definition) is 4. The zero-order chi connectivity index (χ0) is 13.0. The van der Waals surface area contributed by atoms with Crippen LogP contribution in [0.25, 0.3) is 0 Å². The first-order chi connectivity index (χ1) is 8.08. The van der Waals surface area contributed by atoms with Crippen LogP contribution in [0.15, 0.2) is 18.2 Å². The summed E-state index contributed by atoms with van der Waals surface area (Å²) in [5, 5.41) is 10.5. The molecule has 1 aromatic rings. The van der Waals surface area contributed by atoms with Crippen molar-refractivity contribution in [2.45, 2.75) is 33.3 Å². The van der Waals surface area contributed by atoms with Gasteiger partial charge in [0, 0.05) is 18.6 Å². The molecular formula is C12H15NO4. The van der Waals surface area contributed by atoms with E-state index in [9.17, 15) is 14.9 Å². The largest absolute Gasteiger partial charge is 0.489 e. The summed E-state index contributed by atoms with van der Waals surface area (Å²) >= 11 is 0. The summed E-state index contributed by atoms with van der Waals surface area (Å²) in [6.45, 7) is 5.79. The van der Waals surface area contributed by atoms with Crippen molar-refractivity contribution in [3.63, 3.8) is 0 Å². The molecule has 1 aliphatic rings. The third-order valence-corrected chi connectivity index (χ3v) is 2.28. The number of nitro benzene ring substituents is 1. The van der Waals surface area contributed by atoms with Gasteiger partial charge in [-0.2, -0.15) is 0 Å². The van der Waals surface area contributed by atoms with Gasteiger partial charge in [0.25, 0.3) is 5.69 Å². The molecule has 1 atom stereocenters. The Morgan fingerprint density at radius 1 is 1.41 bits per heavy atom. The first-order valence-corrected chi connectivity index (χ1v) is 5.56. The predicted molar refractivity (Wildman–Crippen MR) is 63.5 cm³/mol. The Bertz CT molecular complexity index is 442. The van der Waals surface area contributed by atoms with Crippen LogP contribution in [0.3, 0.4) is 0 Å². The van der Waals surface area contributed by atoms with E-state index in [-0.39, 0.29) is 24.0 Å². The topological polar surface area (TPSA) is 69.4 Å². The molecule has 17 heavy (non-hydrogen) atoms. The second-order valence-electron chi connectivity index (χ2n) is 3.49. The lowest BCUT2D eigenvalue weighted by Gasteiger charge is -2.21. The van der Waals surface area contributed by atoms with Crippen molar-refractivity contribution >= 4 is 11.5 Å². The Kier molecular flexibility index (Phi) is 4.20. The molecule has 5 heteroatoms. The lowest BCUT2D eigenvalue weighted by atomic mass is 10.0. The highest BCUT2D eigenvalue weighted by atomic mass is 16.6. The van der Waals surface area contributed by atoms with Crippen LogP contribution in [0.2, 0.25) is 0 Å². The predicted octanol–water partition coefficient (Wildman–Crippen LogP) is 2.97. The van der Waals surface area contributed by atoms with Gasteiger partial charge >= 0.3 is 0 Å². The minimum absolute atomic E-state index is 0.0831. The highest BCUT2D eigenvalue weighted by Crippen LogP contribution is 2.30. The molecule has 92 valence electrons. The van der Waals surface area contributed by atoms with Gasteiger partial charge in [-0.25, -0.2) is 0 Å². The molecule has 0 saturated heterocycles. The highest BCUT2D eigenvalue weighted by molar-refractivity contribution is 6.00. The van der Waals surface area contributed by atoms with E-state index in [1.54, 1.807) is 6.92 Å². The van der Waals surface area contributed by atoms with Crippen LogP contribution in [-0.4, -0.2) is 16.8 Å². The van der Waals surface area contributed by atoms with Crippen LogP contribution in [0.5, 0.6) is 5.75 Å². The van der Waals surface area contributed by atoms with Crippen LogP contribution in [0, 0.1) is 10.1 Å². The summed E-state index contributed by atoms with van der Waals surface area (Å²) in [6.07, 6.45) is 0.111. The van der Waals surface area contributed by atoms with Crippen molar-refractivity contribution in [3.05, 3.63) is 33.9 Å². The molecule has 0 aliphatic carbocycles. The van der Waals surface area contributed by atoms with Gasteiger partial charge in [-0.15, -0.1) is 0 Å². The van der Waals surface area contributed by atoms with Gasteiger partial charge in [0.1, 0.15) is 11.9 Å². The van der Waals surface area contributed by atoms with Crippen molar-refractivity contribution in [2.24, 2.45) is 0 Å². The zero-order valence-corrected chi connectivity index (χ0v) is 10.1. The smallest absolute Gasteiger partial charge is 0.270 e. The maximum atomic E-state index is 11.6. The molecule has 0 aromatic heterocycles. The number of nitro groups is 1. The number of ether oxygens (including phenoxy) is 1. The van der Waals surface area contributed by atoms with Crippen LogP contribution in [0.1, 0.15) is 37.6 Å². The first kappa shape index (κ1) is 13.2. The summed E-state index contributed by atoms with van der Waals surface area (Å²) < 4.78 is 5.39. The van der Waals surface area contributed by atoms with Gasteiger partial charge in [-0.3, -0.25) is 14.9 Å². The van der Waals surface area contributed by atoms with E-state index in [1.165, 1.54) is 18.2 Å². The molecule has 0 N–H and O–H groups in total. The van der Waals surface area contributed by atoms with Crippen molar-refractivity contribution in [1.82, 2.24) is 0 Å². The molecule has 0 amide bonds. The molecule has 0 saturated carbocycles. The standard InChI is InChI=1S/C10H9NO4.C2H6/c1-6-4-9(12)8-5-7(11(13)14)2-3-10(8)15-6;1-2/h2-3,5-6H,4H2,1H3;1-2H3/t6-;/m1./s1. The average molecular weight is 237 g/mol. The lowest BCUT2D eigenvalue weighted by Crippen LogP contribution is -2.23. The Hall–Kier alpha value is -1.91. The SMILES string of the molecule is CC.C[C@@H]1CC(=O)c2cc([N+](=O)[O-])ccc2O1. The Morgan fingerprint density at radius 2 is 2.06 bits per heavy atom. The number of carbonyl (C=O) groups is 1. The van der Waals surface area contributed by atoms with Crippen molar-refractivity contribution < 1.29 is 14.5 Å². The molecular weight excluding hydrogens is 222 g/mol. The number of benzene rings is 1. The number of hydrogen-bond donors (Lipinski definition) is 0. The number of ketones is 1. The number of carbonyl (C=O) groups excluding carboxylic acids is 1. The maximum Gasteiger partial charge on any atom is 0.270 e. The molecule has 0 spiro atoms. The molecule has 0 fully saturated rings. The van der Waals surface area contributed by atoms with Crippen LogP contribution < -0.4 is 4.74 Å². The highest BCUT2D eigenvalue weighted by Gasteiger charge is 2.25. The number of fused-ring (bicyclic) bond motifs is 1.